The predicted molar refractivity (Wildman–Crippen MR) is 74.1 cm³/mol. The van der Waals surface area contributed by atoms with Crippen LogP contribution >= 0.6 is 0 Å². The van der Waals surface area contributed by atoms with Crippen LogP contribution in [0.25, 0.3) is 0 Å². The Kier molecular flexibility index (Phi) is 4.59. The highest BCUT2D eigenvalue weighted by Gasteiger charge is 2.51. The second-order valence-electron chi connectivity index (χ2n) is 5.00. The van der Waals surface area contributed by atoms with E-state index < -0.39 is 30.0 Å². The van der Waals surface area contributed by atoms with Gasteiger partial charge in [0.25, 0.3) is 0 Å². The van der Waals surface area contributed by atoms with Gasteiger partial charge in [-0.3, -0.25) is 9.63 Å². The zero-order valence-electron chi connectivity index (χ0n) is 12.5. The van der Waals surface area contributed by atoms with E-state index in [1.54, 1.807) is 7.05 Å². The monoisotopic (exact) mass is 293 g/mol. The minimum atomic E-state index is -1.00. The van der Waals surface area contributed by atoms with E-state index >= 15 is 0 Å². The van der Waals surface area contributed by atoms with Gasteiger partial charge in [0.05, 0.1) is 20.3 Å². The Balaban J connectivity index is 2.39. The van der Waals surface area contributed by atoms with Gasteiger partial charge in [-0.05, 0) is 12.5 Å². The van der Waals surface area contributed by atoms with Gasteiger partial charge in [0.1, 0.15) is 5.92 Å². The summed E-state index contributed by atoms with van der Waals surface area (Å²) in [6, 6.07) is 7.32. The molecule has 114 valence electrons. The Hall–Kier alpha value is -1.92. The molecule has 1 aliphatic heterocycles. The fraction of sp³-hybridized carbons (Fsp3) is 0.467. The van der Waals surface area contributed by atoms with Crippen LogP contribution in [-0.2, 0) is 23.9 Å². The lowest BCUT2D eigenvalue weighted by Crippen LogP contribution is -2.35. The van der Waals surface area contributed by atoms with Crippen molar-refractivity contribution in [3.05, 3.63) is 35.4 Å². The fourth-order valence-electron chi connectivity index (χ4n) is 2.58. The minimum absolute atomic E-state index is 0.401. The Bertz CT molecular complexity index is 527. The molecule has 3 atom stereocenters. The van der Waals surface area contributed by atoms with Crippen LogP contribution in [0.5, 0.6) is 0 Å². The molecule has 6 nitrogen and oxygen atoms in total. The summed E-state index contributed by atoms with van der Waals surface area (Å²) in [5.74, 6) is -1.86. The highest BCUT2D eigenvalue weighted by molar-refractivity contribution is 5.85. The van der Waals surface area contributed by atoms with Gasteiger partial charge in [0.15, 0.2) is 6.10 Å². The zero-order valence-corrected chi connectivity index (χ0v) is 12.5. The number of esters is 2. The van der Waals surface area contributed by atoms with Gasteiger partial charge in [-0.2, -0.15) is 5.06 Å². The van der Waals surface area contributed by atoms with Crippen molar-refractivity contribution in [2.75, 3.05) is 21.3 Å². The van der Waals surface area contributed by atoms with Gasteiger partial charge in [-0.1, -0.05) is 29.8 Å². The van der Waals surface area contributed by atoms with Crippen LogP contribution in [0.4, 0.5) is 0 Å². The van der Waals surface area contributed by atoms with Crippen molar-refractivity contribution in [3.63, 3.8) is 0 Å². The molecule has 0 amide bonds. The molecule has 0 spiro atoms. The van der Waals surface area contributed by atoms with Crippen LogP contribution in [0.3, 0.4) is 0 Å². The third kappa shape index (κ3) is 2.91. The SMILES string of the molecule is COC(=O)[C@H]1[C@@H](C(=O)OC)ON(C)[C@H]1c1ccc(C)cc1. The summed E-state index contributed by atoms with van der Waals surface area (Å²) < 4.78 is 9.54. The van der Waals surface area contributed by atoms with Crippen molar-refractivity contribution in [3.8, 4) is 0 Å². The summed E-state index contributed by atoms with van der Waals surface area (Å²) in [4.78, 5) is 29.4. The van der Waals surface area contributed by atoms with Crippen molar-refractivity contribution >= 4 is 11.9 Å². The molecule has 1 aromatic carbocycles. The lowest BCUT2D eigenvalue weighted by Gasteiger charge is -2.21. The predicted octanol–water partition coefficient (Wildman–Crippen LogP) is 1.24. The lowest BCUT2D eigenvalue weighted by atomic mass is 9.89. The van der Waals surface area contributed by atoms with Crippen LogP contribution in [0.2, 0.25) is 0 Å². The normalized spacial score (nSPS) is 25.6. The van der Waals surface area contributed by atoms with Gasteiger partial charge in [0, 0.05) is 7.05 Å². The maximum Gasteiger partial charge on any atom is 0.338 e. The molecule has 0 radical (unpaired) electrons. The first kappa shape index (κ1) is 15.5. The third-order valence-electron chi connectivity index (χ3n) is 3.66. The molecule has 0 bridgehead atoms. The minimum Gasteiger partial charge on any atom is -0.469 e. The number of aryl methyl sites for hydroxylation is 1. The Morgan fingerprint density at radius 2 is 1.67 bits per heavy atom. The average Bonchev–Trinajstić information content (AvgIpc) is 2.84. The van der Waals surface area contributed by atoms with E-state index in [2.05, 4.69) is 0 Å². The highest BCUT2D eigenvalue weighted by atomic mass is 16.7. The molecule has 0 aliphatic carbocycles. The molecule has 1 saturated heterocycles. The summed E-state index contributed by atoms with van der Waals surface area (Å²) in [6.45, 7) is 1.98. The molecule has 1 fully saturated rings. The number of carbonyl (C=O) groups excluding carboxylic acids is 2. The summed E-state index contributed by atoms with van der Waals surface area (Å²) in [5.41, 5.74) is 1.99. The van der Waals surface area contributed by atoms with Crippen LogP contribution < -0.4 is 0 Å². The number of hydrogen-bond donors (Lipinski definition) is 0. The lowest BCUT2D eigenvalue weighted by molar-refractivity contribution is -0.182. The average molecular weight is 293 g/mol. The van der Waals surface area contributed by atoms with E-state index in [4.69, 9.17) is 14.3 Å². The molecular weight excluding hydrogens is 274 g/mol. The smallest absolute Gasteiger partial charge is 0.338 e. The van der Waals surface area contributed by atoms with Crippen molar-refractivity contribution < 1.29 is 23.9 Å². The van der Waals surface area contributed by atoms with Gasteiger partial charge in [-0.15, -0.1) is 0 Å². The molecule has 0 saturated carbocycles. The molecule has 1 aliphatic rings. The molecule has 1 aromatic rings. The quantitative estimate of drug-likeness (QED) is 0.781. The van der Waals surface area contributed by atoms with Crippen LogP contribution in [0.15, 0.2) is 24.3 Å². The van der Waals surface area contributed by atoms with Crippen molar-refractivity contribution in [1.29, 1.82) is 0 Å². The summed E-state index contributed by atoms with van der Waals surface area (Å²) in [7, 11) is 4.24. The maximum atomic E-state index is 12.1. The number of hydrogen-bond acceptors (Lipinski definition) is 6. The number of benzene rings is 1. The topological polar surface area (TPSA) is 65.1 Å². The molecular formula is C15H19NO5. The molecule has 21 heavy (non-hydrogen) atoms. The third-order valence-corrected chi connectivity index (χ3v) is 3.66. The van der Waals surface area contributed by atoms with Crippen molar-refractivity contribution in [2.45, 2.75) is 19.1 Å². The standard InChI is InChI=1S/C15H19NO5/c1-9-5-7-10(8-6-9)12-11(14(17)19-3)13(15(18)20-4)21-16(12)2/h5-8,11-13H,1-4H3/t11-,12+,13+/m1/s1. The Morgan fingerprint density at radius 1 is 1.10 bits per heavy atom. The van der Waals surface area contributed by atoms with Gasteiger partial charge < -0.3 is 9.47 Å². The molecule has 6 heteroatoms. The largest absolute Gasteiger partial charge is 0.469 e. The number of ether oxygens (including phenoxy) is 2. The van der Waals surface area contributed by atoms with Gasteiger partial charge in [-0.25, -0.2) is 4.79 Å². The molecule has 0 unspecified atom stereocenters. The fourth-order valence-corrected chi connectivity index (χ4v) is 2.58. The van der Waals surface area contributed by atoms with E-state index in [0.717, 1.165) is 11.1 Å². The highest BCUT2D eigenvalue weighted by Crippen LogP contribution is 2.39. The summed E-state index contributed by atoms with van der Waals surface area (Å²) in [6.07, 6.45) is -1.00. The molecule has 2 rings (SSSR count). The Labute approximate surface area is 123 Å². The van der Waals surface area contributed by atoms with Gasteiger partial charge >= 0.3 is 11.9 Å². The maximum absolute atomic E-state index is 12.1. The first-order chi connectivity index (χ1) is 9.99. The van der Waals surface area contributed by atoms with Crippen LogP contribution in [-0.4, -0.2) is 44.4 Å². The second-order valence-corrected chi connectivity index (χ2v) is 5.00. The number of hydroxylamine groups is 2. The van der Waals surface area contributed by atoms with Crippen LogP contribution in [0, 0.1) is 12.8 Å². The van der Waals surface area contributed by atoms with E-state index in [1.165, 1.54) is 19.3 Å². The summed E-state index contributed by atoms with van der Waals surface area (Å²) in [5, 5.41) is 1.51. The van der Waals surface area contributed by atoms with E-state index in [1.807, 2.05) is 31.2 Å². The molecule has 0 N–H and O–H groups in total. The molecule has 1 heterocycles. The first-order valence-corrected chi connectivity index (χ1v) is 6.61. The number of methoxy groups -OCH3 is 2. The number of rotatable bonds is 3. The second kappa shape index (κ2) is 6.24. The number of nitrogens with zero attached hydrogens (tertiary/aromatic N) is 1. The number of carbonyl (C=O) groups is 2. The van der Waals surface area contributed by atoms with E-state index in [-0.39, 0.29) is 0 Å². The van der Waals surface area contributed by atoms with Gasteiger partial charge in [0.2, 0.25) is 0 Å². The van der Waals surface area contributed by atoms with E-state index in [0.29, 0.717) is 0 Å². The van der Waals surface area contributed by atoms with Crippen molar-refractivity contribution in [1.82, 2.24) is 5.06 Å². The summed E-state index contributed by atoms with van der Waals surface area (Å²) >= 11 is 0. The van der Waals surface area contributed by atoms with E-state index in [9.17, 15) is 9.59 Å². The zero-order chi connectivity index (χ0) is 15.6. The first-order valence-electron chi connectivity index (χ1n) is 6.61. The molecule has 0 aromatic heterocycles. The van der Waals surface area contributed by atoms with Crippen LogP contribution in [0.1, 0.15) is 17.2 Å². The Morgan fingerprint density at radius 3 is 2.19 bits per heavy atom. The van der Waals surface area contributed by atoms with Crippen molar-refractivity contribution in [2.24, 2.45) is 5.92 Å².